The molecular weight excluding hydrogens is 428 g/mol. The quantitative estimate of drug-likeness (QED) is 0.218. The molecule has 0 aliphatic carbocycles. The van der Waals surface area contributed by atoms with Crippen LogP contribution in [-0.2, 0) is 34.8 Å². The molecule has 2 aromatic rings. The molecule has 2 rings (SSSR count). The summed E-state index contributed by atoms with van der Waals surface area (Å²) in [5.41, 5.74) is 1.43. The van der Waals surface area contributed by atoms with Gasteiger partial charge in [-0.05, 0) is 44.0 Å². The molecule has 0 fully saturated rings. The van der Waals surface area contributed by atoms with E-state index in [1.807, 2.05) is 26.8 Å². The molecule has 0 radical (unpaired) electrons. The largest absolute Gasteiger partial charge is 0.427 e. The molecule has 0 saturated heterocycles. The second-order valence-corrected chi connectivity index (χ2v) is 9.06. The number of benzene rings is 2. The van der Waals surface area contributed by atoms with Gasteiger partial charge in [0.25, 0.3) is 0 Å². The van der Waals surface area contributed by atoms with E-state index in [0.717, 1.165) is 6.61 Å². The van der Waals surface area contributed by atoms with E-state index >= 15 is 0 Å². The van der Waals surface area contributed by atoms with E-state index in [4.69, 9.17) is 8.85 Å². The second-order valence-electron chi connectivity index (χ2n) is 5.85. The summed E-state index contributed by atoms with van der Waals surface area (Å²) in [4.78, 5) is 17.0. The fraction of sp³-hybridized carbons (Fsp3) is 0.478. The van der Waals surface area contributed by atoms with Gasteiger partial charge in [-0.3, -0.25) is 0 Å². The lowest BCUT2D eigenvalue weighted by molar-refractivity contribution is -0.287. The van der Waals surface area contributed by atoms with Crippen molar-refractivity contribution in [1.29, 1.82) is 0 Å². The summed E-state index contributed by atoms with van der Waals surface area (Å²) in [7, 11) is 4.09. The Kier molecular flexibility index (Phi) is 29.4. The Hall–Kier alpha value is -1.37. The average molecular weight is 471 g/mol. The van der Waals surface area contributed by atoms with Crippen LogP contribution in [0.4, 0.5) is 0 Å². The molecule has 178 valence electrons. The van der Waals surface area contributed by atoms with Crippen LogP contribution in [0.25, 0.3) is 0 Å². The van der Waals surface area contributed by atoms with Crippen molar-refractivity contribution in [2.75, 3.05) is 41.2 Å². The highest BCUT2D eigenvalue weighted by Crippen LogP contribution is 2.01. The van der Waals surface area contributed by atoms with Crippen LogP contribution in [-0.4, -0.2) is 60.7 Å². The molecule has 0 unspecified atom stereocenters. The van der Waals surface area contributed by atoms with Crippen molar-refractivity contribution in [3.8, 4) is 0 Å². The summed E-state index contributed by atoms with van der Waals surface area (Å²) < 4.78 is 10.5. The van der Waals surface area contributed by atoms with Crippen LogP contribution >= 0.6 is 0 Å². The standard InChI is InChI=1S/C9H14OSi.C8H12OSi.C4H10O2.C2H6O2/c1-10-11-8-7-9-5-3-2-4-6-9;1-2-9-10-8-6-4-3-5-7-8;1-3-5-6-4-2;1-3-4-2/h2-6H,7-8,11H2,1H3;3-7H,2,10H2,1H3;3-4H2,1-2H3;1-2H3. The molecule has 0 spiro atoms. The summed E-state index contributed by atoms with van der Waals surface area (Å²) in [6, 6.07) is 22.2. The first-order chi connectivity index (χ1) is 15.2. The molecular formula is C23H42O6Si2. The second kappa shape index (κ2) is 28.6. The van der Waals surface area contributed by atoms with Gasteiger partial charge in [0.2, 0.25) is 0 Å². The molecule has 0 N–H and O–H groups in total. The summed E-state index contributed by atoms with van der Waals surface area (Å²) in [6.45, 7) is 7.92. The Morgan fingerprint density at radius 1 is 0.677 bits per heavy atom. The van der Waals surface area contributed by atoms with Crippen molar-refractivity contribution in [2.24, 2.45) is 0 Å². The van der Waals surface area contributed by atoms with Gasteiger partial charge in [-0.1, -0.05) is 60.7 Å². The van der Waals surface area contributed by atoms with Crippen molar-refractivity contribution >= 4 is 24.7 Å². The summed E-state index contributed by atoms with van der Waals surface area (Å²) in [5.74, 6) is 0. The molecule has 0 aliphatic heterocycles. The molecule has 0 aromatic heterocycles. The molecule has 31 heavy (non-hydrogen) atoms. The highest BCUT2D eigenvalue weighted by Gasteiger charge is 1.90. The summed E-state index contributed by atoms with van der Waals surface area (Å²) in [6.07, 6.45) is 1.18. The van der Waals surface area contributed by atoms with Crippen LogP contribution in [0.15, 0.2) is 60.7 Å². The maximum atomic E-state index is 5.36. The van der Waals surface area contributed by atoms with Crippen LogP contribution < -0.4 is 5.19 Å². The zero-order valence-corrected chi connectivity index (χ0v) is 23.0. The van der Waals surface area contributed by atoms with E-state index in [-0.39, 0.29) is 9.76 Å². The van der Waals surface area contributed by atoms with E-state index in [9.17, 15) is 0 Å². The highest BCUT2D eigenvalue weighted by molar-refractivity contribution is 6.46. The van der Waals surface area contributed by atoms with E-state index in [0.29, 0.717) is 13.2 Å². The van der Waals surface area contributed by atoms with Gasteiger partial charge in [0.15, 0.2) is 19.5 Å². The molecule has 0 aliphatic rings. The van der Waals surface area contributed by atoms with E-state index in [1.165, 1.54) is 37.4 Å². The lowest BCUT2D eigenvalue weighted by Gasteiger charge is -1.98. The fourth-order valence-electron chi connectivity index (χ4n) is 2.03. The minimum Gasteiger partial charge on any atom is -0.427 e. The number of hydrogen-bond acceptors (Lipinski definition) is 6. The monoisotopic (exact) mass is 470 g/mol. The van der Waals surface area contributed by atoms with Gasteiger partial charge in [-0.15, -0.1) is 0 Å². The third-order valence-electron chi connectivity index (χ3n) is 3.46. The molecule has 2 aromatic carbocycles. The maximum absolute atomic E-state index is 5.36. The first-order valence-electron chi connectivity index (χ1n) is 10.7. The molecule has 0 bridgehead atoms. The van der Waals surface area contributed by atoms with Crippen LogP contribution in [0.2, 0.25) is 6.04 Å². The van der Waals surface area contributed by atoms with Crippen molar-refractivity contribution in [3.05, 3.63) is 66.2 Å². The smallest absolute Gasteiger partial charge is 0.192 e. The van der Waals surface area contributed by atoms with E-state index in [1.54, 1.807) is 7.11 Å². The molecule has 0 amide bonds. The average Bonchev–Trinajstić information content (AvgIpc) is 2.84. The zero-order chi connectivity index (χ0) is 23.4. The van der Waals surface area contributed by atoms with Crippen molar-refractivity contribution < 1.29 is 28.4 Å². The Labute approximate surface area is 193 Å². The van der Waals surface area contributed by atoms with Gasteiger partial charge in [-0.2, -0.15) is 0 Å². The molecule has 6 nitrogen and oxygen atoms in total. The Bertz CT molecular complexity index is 540. The van der Waals surface area contributed by atoms with Gasteiger partial charge in [-0.25, -0.2) is 19.6 Å². The lowest BCUT2D eigenvalue weighted by Crippen LogP contribution is -2.16. The predicted molar refractivity (Wildman–Crippen MR) is 134 cm³/mol. The SMILES string of the molecule is CCOOCC.CCO[SiH2]c1ccccc1.COOC.CO[SiH2]CCc1ccccc1. The minimum absolute atomic E-state index is 0.222. The number of hydrogen-bond donors (Lipinski definition) is 0. The van der Waals surface area contributed by atoms with Crippen molar-refractivity contribution in [1.82, 2.24) is 0 Å². The third-order valence-corrected chi connectivity index (χ3v) is 5.93. The Morgan fingerprint density at radius 3 is 1.61 bits per heavy atom. The molecule has 0 saturated carbocycles. The topological polar surface area (TPSA) is 55.4 Å². The highest BCUT2D eigenvalue weighted by atomic mass is 28.2. The number of rotatable bonds is 11. The van der Waals surface area contributed by atoms with Crippen LogP contribution in [0.1, 0.15) is 26.3 Å². The van der Waals surface area contributed by atoms with E-state index < -0.39 is 9.76 Å². The minimum atomic E-state index is -0.411. The fourth-order valence-corrected chi connectivity index (χ4v) is 3.77. The van der Waals surface area contributed by atoms with Crippen molar-refractivity contribution in [2.45, 2.75) is 33.2 Å². The van der Waals surface area contributed by atoms with Gasteiger partial charge in [0.05, 0.1) is 27.4 Å². The van der Waals surface area contributed by atoms with Crippen molar-refractivity contribution in [3.63, 3.8) is 0 Å². The van der Waals surface area contributed by atoms with Crippen LogP contribution in [0, 0.1) is 0 Å². The molecule has 8 heteroatoms. The third kappa shape index (κ3) is 26.6. The maximum Gasteiger partial charge on any atom is 0.192 e. The molecule has 0 heterocycles. The lowest BCUT2D eigenvalue weighted by atomic mass is 10.2. The predicted octanol–water partition coefficient (Wildman–Crippen LogP) is 2.98. The first-order valence-corrected chi connectivity index (χ1v) is 13.5. The Balaban J connectivity index is 0. The van der Waals surface area contributed by atoms with Gasteiger partial charge < -0.3 is 8.85 Å². The van der Waals surface area contributed by atoms with Gasteiger partial charge in [0.1, 0.15) is 0 Å². The Morgan fingerprint density at radius 2 is 1.19 bits per heavy atom. The van der Waals surface area contributed by atoms with Gasteiger partial charge in [0, 0.05) is 13.7 Å². The van der Waals surface area contributed by atoms with Gasteiger partial charge >= 0.3 is 0 Å². The number of aryl methyl sites for hydroxylation is 1. The van der Waals surface area contributed by atoms with E-state index in [2.05, 4.69) is 74.1 Å². The summed E-state index contributed by atoms with van der Waals surface area (Å²) in [5, 5.41) is 1.38. The van der Waals surface area contributed by atoms with Crippen LogP contribution in [0.5, 0.6) is 0 Å². The normalized spacial score (nSPS) is 10.1. The summed E-state index contributed by atoms with van der Waals surface area (Å²) >= 11 is 0. The molecule has 0 atom stereocenters. The zero-order valence-electron chi connectivity index (χ0n) is 20.2. The first kappa shape index (κ1) is 31.8. The van der Waals surface area contributed by atoms with Crippen LogP contribution in [0.3, 0.4) is 0 Å².